The lowest BCUT2D eigenvalue weighted by molar-refractivity contribution is 0.102. The molecule has 156 valence electrons. The number of nitrogens with one attached hydrogen (secondary N) is 2. The second kappa shape index (κ2) is 8.93. The monoisotopic (exact) mass is 440 g/mol. The van der Waals surface area contributed by atoms with Crippen LogP contribution in [0.2, 0.25) is 0 Å². The quantitative estimate of drug-likeness (QED) is 0.539. The molecular weight excluding hydrogens is 416 g/mol. The maximum atomic E-state index is 12.6. The topological polar surface area (TPSA) is 75.3 Å². The third-order valence-corrected chi connectivity index (χ3v) is 6.24. The van der Waals surface area contributed by atoms with Gasteiger partial charge in [0.25, 0.3) is 5.91 Å². The zero-order chi connectivity index (χ0) is 21.9. The summed E-state index contributed by atoms with van der Waals surface area (Å²) in [6.45, 7) is 5.95. The molecule has 5 nitrogen and oxygen atoms in total. The van der Waals surface area contributed by atoms with E-state index >= 15 is 0 Å². The first-order valence-corrected chi connectivity index (χ1v) is 12.1. The molecule has 3 rings (SSSR count). The molecule has 0 aliphatic rings. The van der Waals surface area contributed by atoms with Gasteiger partial charge in [0, 0.05) is 21.0 Å². The molecule has 0 fully saturated rings. The van der Waals surface area contributed by atoms with E-state index in [1.165, 1.54) is 22.1 Å². The van der Waals surface area contributed by atoms with E-state index in [4.69, 9.17) is 0 Å². The molecule has 30 heavy (non-hydrogen) atoms. The molecule has 0 aliphatic heterocycles. The van der Waals surface area contributed by atoms with Crippen LogP contribution in [0.4, 0.5) is 11.4 Å². The van der Waals surface area contributed by atoms with Gasteiger partial charge in [0.15, 0.2) is 0 Å². The summed E-state index contributed by atoms with van der Waals surface area (Å²) >= 11 is 1.68. The van der Waals surface area contributed by atoms with Crippen LogP contribution in [-0.2, 0) is 10.0 Å². The second-order valence-electron chi connectivity index (χ2n) is 7.25. The molecule has 2 N–H and O–H groups in total. The van der Waals surface area contributed by atoms with E-state index in [1.807, 2.05) is 24.3 Å². The summed E-state index contributed by atoms with van der Waals surface area (Å²) in [6, 6.07) is 18.9. The Hall–Kier alpha value is -2.77. The summed E-state index contributed by atoms with van der Waals surface area (Å²) in [7, 11) is -3.42. The average molecular weight is 441 g/mol. The standard InChI is InChI=1S/C23H24N2O3S2/c1-15-5-12-22(17(3)13-15)29-20-10-8-19(9-11-20)24-23(26)18-7-6-16(2)21(14-18)25-30(4,27)28/h5-14,25H,1-4H3,(H,24,26). The highest BCUT2D eigenvalue weighted by molar-refractivity contribution is 7.99. The Morgan fingerprint density at radius 3 is 2.20 bits per heavy atom. The van der Waals surface area contributed by atoms with E-state index < -0.39 is 10.0 Å². The molecule has 0 saturated heterocycles. The zero-order valence-electron chi connectivity index (χ0n) is 17.3. The number of sulfonamides is 1. The first-order valence-electron chi connectivity index (χ1n) is 9.36. The Labute approximate surface area is 182 Å². The number of carbonyl (C=O) groups excluding carboxylic acids is 1. The van der Waals surface area contributed by atoms with Crippen molar-refractivity contribution < 1.29 is 13.2 Å². The van der Waals surface area contributed by atoms with Crippen molar-refractivity contribution in [3.05, 3.63) is 82.9 Å². The Morgan fingerprint density at radius 1 is 0.867 bits per heavy atom. The van der Waals surface area contributed by atoms with Crippen LogP contribution >= 0.6 is 11.8 Å². The van der Waals surface area contributed by atoms with Crippen LogP contribution in [0.25, 0.3) is 0 Å². The minimum absolute atomic E-state index is 0.304. The van der Waals surface area contributed by atoms with Crippen LogP contribution in [0.3, 0.4) is 0 Å². The fourth-order valence-electron chi connectivity index (χ4n) is 2.92. The maximum Gasteiger partial charge on any atom is 0.255 e. The van der Waals surface area contributed by atoms with E-state index in [1.54, 1.807) is 30.8 Å². The highest BCUT2D eigenvalue weighted by Gasteiger charge is 2.11. The highest BCUT2D eigenvalue weighted by Crippen LogP contribution is 2.31. The average Bonchev–Trinajstić information content (AvgIpc) is 2.66. The van der Waals surface area contributed by atoms with Crippen molar-refractivity contribution in [2.45, 2.75) is 30.6 Å². The first-order chi connectivity index (χ1) is 14.1. The molecule has 0 unspecified atom stereocenters. The van der Waals surface area contributed by atoms with Gasteiger partial charge in [0.2, 0.25) is 10.0 Å². The van der Waals surface area contributed by atoms with Crippen LogP contribution in [0.5, 0.6) is 0 Å². The van der Waals surface area contributed by atoms with Gasteiger partial charge in [-0.05, 0) is 74.4 Å². The number of aryl methyl sites for hydroxylation is 3. The maximum absolute atomic E-state index is 12.6. The fraction of sp³-hybridized carbons (Fsp3) is 0.174. The normalized spacial score (nSPS) is 11.2. The Bertz CT molecular complexity index is 1190. The first kappa shape index (κ1) is 21.9. The highest BCUT2D eigenvalue weighted by atomic mass is 32.2. The molecule has 0 spiro atoms. The van der Waals surface area contributed by atoms with Crippen molar-refractivity contribution in [2.24, 2.45) is 0 Å². The lowest BCUT2D eigenvalue weighted by Gasteiger charge is -2.11. The minimum atomic E-state index is -3.42. The lowest BCUT2D eigenvalue weighted by Crippen LogP contribution is -2.14. The summed E-state index contributed by atoms with van der Waals surface area (Å²) in [5.41, 5.74) is 4.65. The predicted octanol–water partition coefficient (Wildman–Crippen LogP) is 5.39. The van der Waals surface area contributed by atoms with Crippen molar-refractivity contribution in [1.82, 2.24) is 0 Å². The van der Waals surface area contributed by atoms with Gasteiger partial charge in [0.1, 0.15) is 0 Å². The molecule has 3 aromatic rings. The largest absolute Gasteiger partial charge is 0.322 e. The lowest BCUT2D eigenvalue weighted by atomic mass is 10.1. The smallest absolute Gasteiger partial charge is 0.255 e. The molecule has 3 aromatic carbocycles. The van der Waals surface area contributed by atoms with Gasteiger partial charge < -0.3 is 5.32 Å². The van der Waals surface area contributed by atoms with E-state index in [2.05, 4.69) is 42.1 Å². The van der Waals surface area contributed by atoms with Crippen molar-refractivity contribution in [1.29, 1.82) is 0 Å². The predicted molar refractivity (Wildman–Crippen MR) is 124 cm³/mol. The Kier molecular flexibility index (Phi) is 6.53. The van der Waals surface area contributed by atoms with E-state index in [9.17, 15) is 13.2 Å². The summed E-state index contributed by atoms with van der Waals surface area (Å²) in [4.78, 5) is 14.9. The number of carbonyl (C=O) groups is 1. The van der Waals surface area contributed by atoms with E-state index in [0.717, 1.165) is 16.7 Å². The molecule has 0 atom stereocenters. The molecule has 0 heterocycles. The molecule has 0 radical (unpaired) electrons. The van der Waals surface area contributed by atoms with Gasteiger partial charge >= 0.3 is 0 Å². The van der Waals surface area contributed by atoms with Gasteiger partial charge in [-0.1, -0.05) is 35.5 Å². The molecule has 0 bridgehead atoms. The second-order valence-corrected chi connectivity index (χ2v) is 10.1. The molecule has 0 aromatic heterocycles. The third-order valence-electron chi connectivity index (χ3n) is 4.47. The Balaban J connectivity index is 1.71. The Morgan fingerprint density at radius 2 is 1.57 bits per heavy atom. The molecule has 0 aliphatic carbocycles. The zero-order valence-corrected chi connectivity index (χ0v) is 18.9. The van der Waals surface area contributed by atoms with Gasteiger partial charge in [-0.25, -0.2) is 8.42 Å². The van der Waals surface area contributed by atoms with Gasteiger partial charge in [-0.2, -0.15) is 0 Å². The van der Waals surface area contributed by atoms with Crippen molar-refractivity contribution in [2.75, 3.05) is 16.3 Å². The summed E-state index contributed by atoms with van der Waals surface area (Å²) in [5.74, 6) is -0.304. The summed E-state index contributed by atoms with van der Waals surface area (Å²) in [6.07, 6.45) is 1.08. The van der Waals surface area contributed by atoms with Crippen LogP contribution in [0, 0.1) is 20.8 Å². The number of amides is 1. The van der Waals surface area contributed by atoms with Gasteiger partial charge in [-0.3, -0.25) is 9.52 Å². The summed E-state index contributed by atoms with van der Waals surface area (Å²) in [5, 5.41) is 2.85. The van der Waals surface area contributed by atoms with E-state index in [0.29, 0.717) is 16.9 Å². The fourth-order valence-corrected chi connectivity index (χ4v) is 4.42. The van der Waals surface area contributed by atoms with Crippen molar-refractivity contribution >= 4 is 39.1 Å². The molecule has 7 heteroatoms. The van der Waals surface area contributed by atoms with Crippen molar-refractivity contribution in [3.63, 3.8) is 0 Å². The summed E-state index contributed by atoms with van der Waals surface area (Å²) < 4.78 is 25.5. The molecular formula is C23H24N2O3S2. The number of anilines is 2. The number of rotatable bonds is 6. The van der Waals surface area contributed by atoms with E-state index in [-0.39, 0.29) is 5.91 Å². The number of hydrogen-bond donors (Lipinski definition) is 2. The van der Waals surface area contributed by atoms with Gasteiger partial charge in [0.05, 0.1) is 11.9 Å². The van der Waals surface area contributed by atoms with Crippen LogP contribution in [0.1, 0.15) is 27.0 Å². The van der Waals surface area contributed by atoms with Crippen LogP contribution < -0.4 is 10.0 Å². The number of hydrogen-bond acceptors (Lipinski definition) is 4. The van der Waals surface area contributed by atoms with Crippen molar-refractivity contribution in [3.8, 4) is 0 Å². The third kappa shape index (κ3) is 5.87. The molecule has 1 amide bonds. The molecule has 0 saturated carbocycles. The van der Waals surface area contributed by atoms with Crippen LogP contribution in [-0.4, -0.2) is 20.6 Å². The SMILES string of the molecule is Cc1ccc(Sc2ccc(NC(=O)c3ccc(C)c(NS(C)(=O)=O)c3)cc2)c(C)c1. The van der Waals surface area contributed by atoms with Crippen LogP contribution in [0.15, 0.2) is 70.5 Å². The number of benzene rings is 3. The van der Waals surface area contributed by atoms with Gasteiger partial charge in [-0.15, -0.1) is 0 Å². The minimum Gasteiger partial charge on any atom is -0.322 e.